The number of hydrogen-bond donors (Lipinski definition) is 1. The minimum atomic E-state index is -0.687. The van der Waals surface area contributed by atoms with E-state index in [1.807, 2.05) is 6.07 Å². The molecule has 242 valence electrons. The van der Waals surface area contributed by atoms with Crippen LogP contribution in [0.15, 0.2) is 60.8 Å². The van der Waals surface area contributed by atoms with Gasteiger partial charge in [0.1, 0.15) is 11.9 Å². The summed E-state index contributed by atoms with van der Waals surface area (Å²) in [5.74, 6) is 0.235. The van der Waals surface area contributed by atoms with Crippen LogP contribution in [0.4, 0.5) is 4.39 Å². The normalized spacial score (nSPS) is 23.0. The quantitative estimate of drug-likeness (QED) is 0.235. The van der Waals surface area contributed by atoms with Crippen molar-refractivity contribution in [2.75, 3.05) is 32.7 Å². The predicted octanol–water partition coefficient (Wildman–Crippen LogP) is 7.15. The molecule has 1 aliphatic carbocycles. The largest absolute Gasteiger partial charge is 0.480 e. The second-order valence-corrected chi connectivity index (χ2v) is 13.9. The van der Waals surface area contributed by atoms with Crippen LogP contribution in [-0.4, -0.2) is 69.4 Å². The predicted molar refractivity (Wildman–Crippen MR) is 177 cm³/mol. The standard InChI is InChI=1S/C38H51FN4O2/c1-2-20-43-36(32(24-40-43)17-16-28-10-5-3-6-11-28)30-18-21-41(22-19-30)25-33-26-42(27-35(33)31-14-9-15-34(39)23-31)37(38(44)45)29-12-7-4-8-13-29/h3,5-6,9-11,14-15,23-24,29-30,33,35,37H,2,4,7-8,12-13,16-22,25-27H2,1H3,(H,44,45)/t33-,35+,37+/m0/s1. The Balaban J connectivity index is 1.14. The Kier molecular flexibility index (Phi) is 10.7. The number of hydrogen-bond acceptors (Lipinski definition) is 4. The molecule has 3 atom stereocenters. The fraction of sp³-hybridized carbons (Fsp3) is 0.579. The van der Waals surface area contributed by atoms with Gasteiger partial charge in [0, 0.05) is 43.7 Å². The SMILES string of the molecule is CCCn1ncc(CCc2ccccc2)c1C1CCN(C[C@H]2CN([C@@H](C(=O)O)C3CCCCC3)C[C@@H]2c2cccc(F)c2)CC1. The molecule has 0 bridgehead atoms. The number of aliphatic carboxylic acids is 1. The molecule has 6 rings (SSSR count). The van der Waals surface area contributed by atoms with E-state index in [4.69, 9.17) is 5.10 Å². The van der Waals surface area contributed by atoms with E-state index in [9.17, 15) is 14.3 Å². The highest BCUT2D eigenvalue weighted by Gasteiger charge is 2.43. The zero-order valence-electron chi connectivity index (χ0n) is 27.0. The van der Waals surface area contributed by atoms with Gasteiger partial charge in [0.05, 0.1) is 6.20 Å². The Bertz CT molecular complexity index is 1380. The Hall–Kier alpha value is -3.03. The summed E-state index contributed by atoms with van der Waals surface area (Å²) in [6, 6.07) is 17.3. The first-order valence-electron chi connectivity index (χ1n) is 17.5. The van der Waals surface area contributed by atoms with Crippen molar-refractivity contribution in [3.8, 4) is 0 Å². The zero-order valence-corrected chi connectivity index (χ0v) is 27.0. The van der Waals surface area contributed by atoms with E-state index in [1.165, 1.54) is 29.3 Å². The van der Waals surface area contributed by atoms with E-state index in [1.54, 1.807) is 12.1 Å². The highest BCUT2D eigenvalue weighted by atomic mass is 19.1. The van der Waals surface area contributed by atoms with Gasteiger partial charge in [-0.1, -0.05) is 68.7 Å². The van der Waals surface area contributed by atoms with Gasteiger partial charge in [-0.15, -0.1) is 0 Å². The fourth-order valence-electron chi connectivity index (χ4n) is 8.67. The highest BCUT2D eigenvalue weighted by Crippen LogP contribution is 2.39. The minimum Gasteiger partial charge on any atom is -0.480 e. The molecule has 0 spiro atoms. The molecule has 0 unspecified atom stereocenters. The molecule has 6 nitrogen and oxygen atoms in total. The van der Waals surface area contributed by atoms with Crippen molar-refractivity contribution in [2.24, 2.45) is 11.8 Å². The average Bonchev–Trinajstić information content (AvgIpc) is 3.65. The van der Waals surface area contributed by atoms with E-state index in [2.05, 4.69) is 57.9 Å². The molecular weight excluding hydrogens is 563 g/mol. The number of carboxylic acid groups (broad SMARTS) is 1. The first kappa shape index (κ1) is 31.9. The first-order chi connectivity index (χ1) is 22.0. The minimum absolute atomic E-state index is 0.138. The zero-order chi connectivity index (χ0) is 31.2. The maximum atomic E-state index is 14.4. The first-order valence-corrected chi connectivity index (χ1v) is 17.5. The number of aryl methyl sites for hydroxylation is 3. The molecule has 45 heavy (non-hydrogen) atoms. The molecule has 1 aromatic heterocycles. The molecular formula is C38H51FN4O2. The monoisotopic (exact) mass is 614 g/mol. The van der Waals surface area contributed by atoms with Gasteiger partial charge in [-0.3, -0.25) is 14.4 Å². The summed E-state index contributed by atoms with van der Waals surface area (Å²) >= 11 is 0. The van der Waals surface area contributed by atoms with Gasteiger partial charge < -0.3 is 10.0 Å². The number of rotatable bonds is 12. The molecule has 3 aliphatic rings. The molecule has 0 radical (unpaired) electrons. The van der Waals surface area contributed by atoms with Gasteiger partial charge in [0.15, 0.2) is 0 Å². The molecule has 2 aliphatic heterocycles. The maximum absolute atomic E-state index is 14.4. The number of aromatic nitrogens is 2. The molecule has 2 saturated heterocycles. The van der Waals surface area contributed by atoms with Crippen LogP contribution >= 0.6 is 0 Å². The molecule has 3 fully saturated rings. The molecule has 0 amide bonds. The maximum Gasteiger partial charge on any atom is 0.321 e. The van der Waals surface area contributed by atoms with Crippen LogP contribution in [0.1, 0.15) is 92.5 Å². The van der Waals surface area contributed by atoms with Gasteiger partial charge >= 0.3 is 5.97 Å². The summed E-state index contributed by atoms with van der Waals surface area (Å²) in [6.07, 6.45) is 12.9. The summed E-state index contributed by atoms with van der Waals surface area (Å²) in [5, 5.41) is 15.2. The lowest BCUT2D eigenvalue weighted by Crippen LogP contribution is -2.46. The summed E-state index contributed by atoms with van der Waals surface area (Å²) in [6.45, 7) is 7.62. The van der Waals surface area contributed by atoms with Crippen LogP contribution in [-0.2, 0) is 24.2 Å². The van der Waals surface area contributed by atoms with E-state index in [0.29, 0.717) is 12.5 Å². The van der Waals surface area contributed by atoms with Crippen LogP contribution in [0.25, 0.3) is 0 Å². The average molecular weight is 615 g/mol. The van der Waals surface area contributed by atoms with Gasteiger partial charge in [-0.25, -0.2) is 4.39 Å². The third-order valence-corrected chi connectivity index (χ3v) is 10.9. The van der Waals surface area contributed by atoms with Crippen LogP contribution < -0.4 is 0 Å². The molecule has 3 aromatic rings. The van der Waals surface area contributed by atoms with E-state index < -0.39 is 12.0 Å². The highest BCUT2D eigenvalue weighted by molar-refractivity contribution is 5.74. The van der Waals surface area contributed by atoms with Crippen LogP contribution in [0.2, 0.25) is 0 Å². The molecule has 3 heterocycles. The summed E-state index contributed by atoms with van der Waals surface area (Å²) in [7, 11) is 0. The molecule has 1 saturated carbocycles. The fourth-order valence-corrected chi connectivity index (χ4v) is 8.67. The van der Waals surface area contributed by atoms with Crippen molar-refractivity contribution in [3.05, 3.63) is 89.0 Å². The van der Waals surface area contributed by atoms with Crippen molar-refractivity contribution in [1.29, 1.82) is 0 Å². The third-order valence-electron chi connectivity index (χ3n) is 10.9. The van der Waals surface area contributed by atoms with E-state index in [-0.39, 0.29) is 23.6 Å². The van der Waals surface area contributed by atoms with Crippen molar-refractivity contribution in [2.45, 2.75) is 95.6 Å². The Morgan fingerprint density at radius 3 is 2.47 bits per heavy atom. The van der Waals surface area contributed by atoms with Crippen LogP contribution in [0, 0.1) is 17.7 Å². The van der Waals surface area contributed by atoms with Crippen molar-refractivity contribution >= 4 is 5.97 Å². The number of benzene rings is 2. The molecule has 2 aromatic carbocycles. The summed E-state index contributed by atoms with van der Waals surface area (Å²) in [4.78, 5) is 17.5. The number of nitrogens with zero attached hydrogens (tertiary/aromatic N) is 4. The Morgan fingerprint density at radius 1 is 0.978 bits per heavy atom. The van der Waals surface area contributed by atoms with E-state index >= 15 is 0 Å². The second kappa shape index (κ2) is 15.0. The van der Waals surface area contributed by atoms with Gasteiger partial charge in [0.25, 0.3) is 0 Å². The lowest BCUT2D eigenvalue weighted by Gasteiger charge is -2.36. The molecule has 1 N–H and O–H groups in total. The van der Waals surface area contributed by atoms with Crippen LogP contribution in [0.5, 0.6) is 0 Å². The summed E-state index contributed by atoms with van der Waals surface area (Å²) in [5.41, 5.74) is 5.21. The lowest BCUT2D eigenvalue weighted by atomic mass is 9.83. The second-order valence-electron chi connectivity index (χ2n) is 13.9. The smallest absolute Gasteiger partial charge is 0.321 e. The lowest BCUT2D eigenvalue weighted by molar-refractivity contribution is -0.145. The van der Waals surface area contributed by atoms with E-state index in [0.717, 1.165) is 96.1 Å². The topological polar surface area (TPSA) is 61.6 Å². The Labute approximate surface area is 268 Å². The number of carbonyl (C=O) groups is 1. The van der Waals surface area contributed by atoms with Crippen molar-refractivity contribution in [3.63, 3.8) is 0 Å². The molecule has 7 heteroatoms. The third kappa shape index (κ3) is 7.69. The number of likely N-dealkylation sites (tertiary alicyclic amines) is 2. The van der Waals surface area contributed by atoms with Gasteiger partial charge in [-0.2, -0.15) is 5.10 Å². The number of piperidine rings is 1. The number of carboxylic acids is 1. The number of halogens is 1. The van der Waals surface area contributed by atoms with Crippen LogP contribution in [0.3, 0.4) is 0 Å². The summed E-state index contributed by atoms with van der Waals surface area (Å²) < 4.78 is 16.7. The van der Waals surface area contributed by atoms with Crippen molar-refractivity contribution < 1.29 is 14.3 Å². The Morgan fingerprint density at radius 2 is 1.76 bits per heavy atom. The van der Waals surface area contributed by atoms with Crippen molar-refractivity contribution in [1.82, 2.24) is 19.6 Å². The van der Waals surface area contributed by atoms with Gasteiger partial charge in [0.2, 0.25) is 0 Å². The van der Waals surface area contributed by atoms with Gasteiger partial charge in [-0.05, 0) is 98.7 Å².